The number of nitrogens with one attached hydrogen (secondary N) is 1. The van der Waals surface area contributed by atoms with Gasteiger partial charge in [0.05, 0.1) is 17.2 Å². The zero-order valence-electron chi connectivity index (χ0n) is 31.2. The Labute approximate surface area is 321 Å². The topological polar surface area (TPSA) is 128 Å². The Morgan fingerprint density at radius 3 is 2.41 bits per heavy atom. The molecule has 0 amide bonds. The molecule has 1 unspecified atom stereocenters. The summed E-state index contributed by atoms with van der Waals surface area (Å²) in [5.74, 6) is -0.408. The van der Waals surface area contributed by atoms with Gasteiger partial charge in [-0.1, -0.05) is 66.2 Å². The Kier molecular flexibility index (Phi) is 11.7. The molecule has 0 radical (unpaired) electrons. The molecule has 1 aliphatic carbocycles. The van der Waals surface area contributed by atoms with Crippen molar-refractivity contribution >= 4 is 17.6 Å². The number of carboxylic acids is 1. The number of aryl methyl sites for hydroxylation is 1. The fourth-order valence-corrected chi connectivity index (χ4v) is 7.30. The van der Waals surface area contributed by atoms with Crippen molar-refractivity contribution in [2.75, 3.05) is 20.7 Å². The van der Waals surface area contributed by atoms with Gasteiger partial charge in [-0.15, -0.1) is 0 Å². The highest BCUT2D eigenvalue weighted by atomic mass is 35.5. The van der Waals surface area contributed by atoms with E-state index in [1.165, 1.54) is 40.9 Å². The molecule has 278 valence electrons. The van der Waals surface area contributed by atoms with E-state index in [9.17, 15) is 20.3 Å². The van der Waals surface area contributed by atoms with Crippen LogP contribution in [0.5, 0.6) is 11.5 Å². The van der Waals surface area contributed by atoms with Crippen LogP contribution < -0.4 is 14.8 Å². The molecule has 0 saturated carbocycles. The third-order valence-electron chi connectivity index (χ3n) is 10.5. The number of hydrogen-bond acceptors (Lipinski definition) is 8. The number of aliphatic carboxylic acids is 1. The van der Waals surface area contributed by atoms with Gasteiger partial charge in [0, 0.05) is 42.2 Å². The number of nitriles is 1. The van der Waals surface area contributed by atoms with E-state index in [0.717, 1.165) is 35.1 Å². The van der Waals surface area contributed by atoms with Crippen molar-refractivity contribution in [3.05, 3.63) is 135 Å². The van der Waals surface area contributed by atoms with Crippen LogP contribution in [-0.4, -0.2) is 52.3 Å². The highest BCUT2D eigenvalue weighted by Gasteiger charge is 2.32. The number of aliphatic hydroxyl groups excluding tert-OH is 1. The summed E-state index contributed by atoms with van der Waals surface area (Å²) < 4.78 is 12.5. The second-order valence-electron chi connectivity index (χ2n) is 14.3. The summed E-state index contributed by atoms with van der Waals surface area (Å²) in [6, 6.07) is 27.2. The Balaban J connectivity index is 1.25. The molecule has 4 aromatic carbocycles. The maximum Gasteiger partial charge on any atom is 0.326 e. The minimum absolute atomic E-state index is 0.0385. The van der Waals surface area contributed by atoms with E-state index in [1.54, 1.807) is 24.4 Å². The highest BCUT2D eigenvalue weighted by molar-refractivity contribution is 6.32. The van der Waals surface area contributed by atoms with Crippen LogP contribution in [0.4, 0.5) is 0 Å². The van der Waals surface area contributed by atoms with Crippen LogP contribution in [0.1, 0.15) is 63.9 Å². The third-order valence-corrected chi connectivity index (χ3v) is 10.8. The molecule has 1 aliphatic rings. The lowest BCUT2D eigenvalue weighted by atomic mass is 9.89. The summed E-state index contributed by atoms with van der Waals surface area (Å²) in [5, 5.41) is 32.0. The summed E-state index contributed by atoms with van der Waals surface area (Å²) in [6.45, 7) is 5.44. The molecule has 3 N–H and O–H groups in total. The standard InChI is InChI=1S/C44H45ClN4O5/c1-27-33(8-6-10-36(27)37-11-7-9-35(28(37)2)31-12-14-38-32(17-31)13-15-40(38)49(4)5)25-54-42-19-41(53-24-30-16-29(20-46)21-47-22-30)34(18-39(42)45)23-48-44(3,26-50)43(51)52/h6-12,14,16-19,21-22,40,48,50H,13,15,23-26H2,1-5H3,(H,51,52)/t40-,44?/m1/s1. The molecule has 0 aliphatic heterocycles. The average molecular weight is 745 g/mol. The van der Waals surface area contributed by atoms with E-state index in [0.29, 0.717) is 39.3 Å². The van der Waals surface area contributed by atoms with Crippen molar-refractivity contribution in [1.82, 2.24) is 15.2 Å². The highest BCUT2D eigenvalue weighted by Crippen LogP contribution is 2.40. The van der Waals surface area contributed by atoms with Crippen molar-refractivity contribution < 1.29 is 24.5 Å². The number of carboxylic acid groups (broad SMARTS) is 1. The van der Waals surface area contributed by atoms with Crippen molar-refractivity contribution in [2.45, 2.75) is 65.0 Å². The number of pyridine rings is 1. The molecular weight excluding hydrogens is 700 g/mol. The molecular formula is C44H45ClN4O5. The van der Waals surface area contributed by atoms with Gasteiger partial charge in [-0.25, -0.2) is 0 Å². The molecule has 9 nitrogen and oxygen atoms in total. The maximum absolute atomic E-state index is 11.8. The fraction of sp³-hybridized carbons (Fsp3) is 0.295. The van der Waals surface area contributed by atoms with E-state index >= 15 is 0 Å². The summed E-state index contributed by atoms with van der Waals surface area (Å²) in [7, 11) is 4.30. The number of halogens is 1. The minimum Gasteiger partial charge on any atom is -0.488 e. The molecule has 0 bridgehead atoms. The van der Waals surface area contributed by atoms with Crippen LogP contribution in [0.25, 0.3) is 22.3 Å². The molecule has 2 atom stereocenters. The molecule has 5 aromatic rings. The van der Waals surface area contributed by atoms with Gasteiger partial charge in [0.15, 0.2) is 0 Å². The van der Waals surface area contributed by atoms with Gasteiger partial charge >= 0.3 is 5.97 Å². The predicted molar refractivity (Wildman–Crippen MR) is 211 cm³/mol. The van der Waals surface area contributed by atoms with E-state index in [-0.39, 0.29) is 19.8 Å². The van der Waals surface area contributed by atoms with Gasteiger partial charge in [-0.05, 0) is 110 Å². The summed E-state index contributed by atoms with van der Waals surface area (Å²) >= 11 is 6.77. The molecule has 0 fully saturated rings. The van der Waals surface area contributed by atoms with E-state index < -0.39 is 18.1 Å². The number of nitrogens with zero attached hydrogens (tertiary/aromatic N) is 3. The van der Waals surface area contributed by atoms with E-state index in [2.05, 4.69) is 91.7 Å². The maximum atomic E-state index is 11.8. The molecule has 54 heavy (non-hydrogen) atoms. The van der Waals surface area contributed by atoms with E-state index in [1.807, 2.05) is 12.1 Å². The first-order chi connectivity index (χ1) is 25.9. The van der Waals surface area contributed by atoms with Crippen LogP contribution in [0.15, 0.2) is 85.2 Å². The van der Waals surface area contributed by atoms with Gasteiger partial charge in [0.25, 0.3) is 0 Å². The van der Waals surface area contributed by atoms with Gasteiger partial charge in [0.2, 0.25) is 0 Å². The molecule has 1 heterocycles. The molecule has 0 saturated heterocycles. The smallest absolute Gasteiger partial charge is 0.326 e. The van der Waals surface area contributed by atoms with Crippen LogP contribution in [0.3, 0.4) is 0 Å². The molecule has 0 spiro atoms. The average Bonchev–Trinajstić information content (AvgIpc) is 3.60. The Morgan fingerprint density at radius 1 is 0.963 bits per heavy atom. The number of ether oxygens (including phenoxy) is 2. The number of aliphatic hydroxyl groups is 1. The van der Waals surface area contributed by atoms with Crippen LogP contribution >= 0.6 is 11.6 Å². The largest absolute Gasteiger partial charge is 0.488 e. The first-order valence-corrected chi connectivity index (χ1v) is 18.3. The van der Waals surface area contributed by atoms with Crippen molar-refractivity contribution in [3.63, 3.8) is 0 Å². The van der Waals surface area contributed by atoms with Gasteiger partial charge in [-0.2, -0.15) is 5.26 Å². The fourth-order valence-electron chi connectivity index (χ4n) is 7.06. The normalized spacial score (nSPS) is 14.7. The lowest BCUT2D eigenvalue weighted by Crippen LogP contribution is -2.52. The number of rotatable bonds is 14. The quantitative estimate of drug-likeness (QED) is 0.103. The number of carbonyl (C=O) groups is 1. The first-order valence-electron chi connectivity index (χ1n) is 17.9. The predicted octanol–water partition coefficient (Wildman–Crippen LogP) is 8.19. The summed E-state index contributed by atoms with van der Waals surface area (Å²) in [4.78, 5) is 18.3. The van der Waals surface area contributed by atoms with Crippen LogP contribution in [0, 0.1) is 25.2 Å². The number of fused-ring (bicyclic) bond motifs is 1. The van der Waals surface area contributed by atoms with Crippen LogP contribution in [-0.2, 0) is 31.0 Å². The summed E-state index contributed by atoms with van der Waals surface area (Å²) in [6.07, 6.45) is 5.31. The van der Waals surface area contributed by atoms with Gasteiger partial charge in [-0.3, -0.25) is 15.1 Å². The number of aromatic nitrogens is 1. The number of benzene rings is 4. The van der Waals surface area contributed by atoms with Crippen LogP contribution in [0.2, 0.25) is 5.02 Å². The molecule has 10 heteroatoms. The third kappa shape index (κ3) is 8.13. The molecule has 6 rings (SSSR count). The van der Waals surface area contributed by atoms with E-state index in [4.69, 9.17) is 21.1 Å². The Hall–Kier alpha value is -5.24. The zero-order valence-corrected chi connectivity index (χ0v) is 32.0. The second-order valence-corrected chi connectivity index (χ2v) is 14.7. The van der Waals surface area contributed by atoms with Crippen molar-refractivity contribution in [2.24, 2.45) is 0 Å². The zero-order chi connectivity index (χ0) is 38.6. The van der Waals surface area contributed by atoms with Gasteiger partial charge in [0.1, 0.15) is 36.3 Å². The lowest BCUT2D eigenvalue weighted by molar-refractivity contribution is -0.145. The minimum atomic E-state index is -1.58. The number of hydrogen-bond donors (Lipinski definition) is 3. The lowest BCUT2D eigenvalue weighted by Gasteiger charge is -2.25. The first kappa shape index (κ1) is 38.5. The summed E-state index contributed by atoms with van der Waals surface area (Å²) in [5.41, 5.74) is 11.0. The Morgan fingerprint density at radius 2 is 1.69 bits per heavy atom. The second kappa shape index (κ2) is 16.4. The van der Waals surface area contributed by atoms with Gasteiger partial charge < -0.3 is 24.6 Å². The van der Waals surface area contributed by atoms with Crippen molar-refractivity contribution in [1.29, 1.82) is 5.26 Å². The molecule has 1 aromatic heterocycles. The monoisotopic (exact) mass is 744 g/mol. The Bertz CT molecular complexity index is 2230. The van der Waals surface area contributed by atoms with Crippen molar-refractivity contribution in [3.8, 4) is 39.8 Å². The SMILES string of the molecule is Cc1c(COc2cc(OCc3cncc(C#N)c3)c(CNC(C)(CO)C(=O)O)cc2Cl)cccc1-c1cccc(-c2ccc3c(c2)CC[C@H]3N(C)C)c1C.